The minimum absolute atomic E-state index is 0.149. The van der Waals surface area contributed by atoms with Crippen molar-refractivity contribution in [3.63, 3.8) is 0 Å². The van der Waals surface area contributed by atoms with Crippen molar-refractivity contribution >= 4 is 10.0 Å². The Bertz CT molecular complexity index is 723. The molecule has 114 valence electrons. The minimum Gasteiger partial charge on any atom is -0.392 e. The molecule has 0 atom stereocenters. The highest BCUT2D eigenvalue weighted by molar-refractivity contribution is 7.89. The van der Waals surface area contributed by atoms with Crippen molar-refractivity contribution in [2.24, 2.45) is 7.05 Å². The summed E-state index contributed by atoms with van der Waals surface area (Å²) in [6, 6.07) is 6.26. The number of aromatic nitrogens is 2. The molecule has 6 nitrogen and oxygen atoms in total. The summed E-state index contributed by atoms with van der Waals surface area (Å²) in [6.07, 6.45) is 2.56. The Hall–Kier alpha value is -1.70. The summed E-state index contributed by atoms with van der Waals surface area (Å²) < 4.78 is 28.8. The Labute approximate surface area is 124 Å². The lowest BCUT2D eigenvalue weighted by atomic mass is 10.2. The fraction of sp³-hybridized carbons (Fsp3) is 0.357. The van der Waals surface area contributed by atoms with Crippen LogP contribution >= 0.6 is 0 Å². The summed E-state index contributed by atoms with van der Waals surface area (Å²) in [4.78, 5) is 0.149. The molecule has 0 aliphatic carbocycles. The van der Waals surface area contributed by atoms with E-state index in [0.29, 0.717) is 5.56 Å². The highest BCUT2D eigenvalue weighted by Gasteiger charge is 2.15. The largest absolute Gasteiger partial charge is 0.392 e. The summed E-state index contributed by atoms with van der Waals surface area (Å²) in [5, 5.41) is 13.4. The highest BCUT2D eigenvalue weighted by atomic mass is 32.2. The van der Waals surface area contributed by atoms with E-state index >= 15 is 0 Å². The van der Waals surface area contributed by atoms with Gasteiger partial charge in [-0.2, -0.15) is 5.10 Å². The van der Waals surface area contributed by atoms with Crippen LogP contribution in [0.2, 0.25) is 0 Å². The third kappa shape index (κ3) is 3.69. The summed E-state index contributed by atoms with van der Waals surface area (Å²) in [5.41, 5.74) is 2.31. The van der Waals surface area contributed by atoms with Crippen LogP contribution in [0, 0.1) is 0 Å². The molecule has 0 fully saturated rings. The zero-order valence-electron chi connectivity index (χ0n) is 12.1. The SMILES string of the molecule is CCc1nn(C)cc1CNS(=O)(=O)c1cccc(CO)c1. The number of hydrogen-bond donors (Lipinski definition) is 2. The molecule has 2 N–H and O–H groups in total. The molecule has 0 saturated heterocycles. The summed E-state index contributed by atoms with van der Waals surface area (Å²) >= 11 is 0. The number of benzene rings is 1. The van der Waals surface area contributed by atoms with Gasteiger partial charge in [0.1, 0.15) is 0 Å². The molecule has 0 aliphatic rings. The summed E-state index contributed by atoms with van der Waals surface area (Å²) in [6.45, 7) is 1.99. The number of hydrogen-bond acceptors (Lipinski definition) is 4. The number of nitrogens with one attached hydrogen (secondary N) is 1. The van der Waals surface area contributed by atoms with E-state index in [2.05, 4.69) is 9.82 Å². The average Bonchev–Trinajstić information content (AvgIpc) is 2.85. The number of rotatable bonds is 6. The predicted octanol–water partition coefficient (Wildman–Crippen LogP) is 0.953. The summed E-state index contributed by atoms with van der Waals surface area (Å²) in [7, 11) is -1.80. The molecule has 1 aromatic heterocycles. The van der Waals surface area contributed by atoms with Gasteiger partial charge in [0.25, 0.3) is 0 Å². The number of sulfonamides is 1. The molecule has 0 saturated carbocycles. The van der Waals surface area contributed by atoms with E-state index in [1.54, 1.807) is 16.8 Å². The molecule has 0 spiro atoms. The van der Waals surface area contributed by atoms with Gasteiger partial charge in [-0.05, 0) is 24.1 Å². The van der Waals surface area contributed by atoms with Crippen LogP contribution in [0.4, 0.5) is 0 Å². The van der Waals surface area contributed by atoms with Crippen LogP contribution in [0.25, 0.3) is 0 Å². The predicted molar refractivity (Wildman–Crippen MR) is 79.0 cm³/mol. The van der Waals surface area contributed by atoms with Crippen LogP contribution in [-0.2, 0) is 36.6 Å². The van der Waals surface area contributed by atoms with Gasteiger partial charge in [0.2, 0.25) is 10.0 Å². The van der Waals surface area contributed by atoms with Gasteiger partial charge in [0, 0.05) is 25.4 Å². The number of aliphatic hydroxyl groups excluding tert-OH is 1. The summed E-state index contributed by atoms with van der Waals surface area (Å²) in [5.74, 6) is 0. The lowest BCUT2D eigenvalue weighted by Crippen LogP contribution is -2.23. The lowest BCUT2D eigenvalue weighted by molar-refractivity contribution is 0.281. The van der Waals surface area contributed by atoms with E-state index in [9.17, 15) is 8.42 Å². The molecule has 2 rings (SSSR count). The lowest BCUT2D eigenvalue weighted by Gasteiger charge is -2.07. The van der Waals surface area contributed by atoms with Gasteiger partial charge >= 0.3 is 0 Å². The normalized spacial score (nSPS) is 11.8. The highest BCUT2D eigenvalue weighted by Crippen LogP contribution is 2.13. The van der Waals surface area contributed by atoms with Crippen LogP contribution in [0.1, 0.15) is 23.7 Å². The fourth-order valence-electron chi connectivity index (χ4n) is 2.10. The topological polar surface area (TPSA) is 84.2 Å². The molecule has 0 unspecified atom stereocenters. The second-order valence-electron chi connectivity index (χ2n) is 4.76. The van der Waals surface area contributed by atoms with Crippen molar-refractivity contribution in [3.8, 4) is 0 Å². The molecule has 21 heavy (non-hydrogen) atoms. The fourth-order valence-corrected chi connectivity index (χ4v) is 3.17. The maximum atomic E-state index is 12.3. The van der Waals surface area contributed by atoms with E-state index in [1.807, 2.05) is 20.2 Å². The van der Waals surface area contributed by atoms with E-state index in [0.717, 1.165) is 17.7 Å². The van der Waals surface area contributed by atoms with E-state index in [-0.39, 0.29) is 18.0 Å². The molecule has 1 aromatic carbocycles. The Kier molecular flexibility index (Phi) is 4.76. The Balaban J connectivity index is 2.17. The van der Waals surface area contributed by atoms with Gasteiger partial charge in [-0.15, -0.1) is 0 Å². The molecule has 7 heteroatoms. The van der Waals surface area contributed by atoms with Crippen LogP contribution in [0.5, 0.6) is 0 Å². The zero-order chi connectivity index (χ0) is 15.5. The first-order valence-electron chi connectivity index (χ1n) is 6.67. The standard InChI is InChI=1S/C14H19N3O3S/c1-3-14-12(9-17(2)16-14)8-15-21(19,20)13-6-4-5-11(7-13)10-18/h4-7,9,15,18H,3,8,10H2,1-2H3. The molecule has 2 aromatic rings. The van der Waals surface area contributed by atoms with Gasteiger partial charge in [-0.1, -0.05) is 19.1 Å². The molecular weight excluding hydrogens is 290 g/mol. The van der Waals surface area contributed by atoms with Crippen molar-refractivity contribution in [2.75, 3.05) is 0 Å². The zero-order valence-corrected chi connectivity index (χ0v) is 12.9. The first-order valence-corrected chi connectivity index (χ1v) is 8.15. The third-order valence-corrected chi connectivity index (χ3v) is 4.57. The molecule has 0 bridgehead atoms. The number of aliphatic hydroxyl groups is 1. The monoisotopic (exact) mass is 309 g/mol. The molecule has 0 radical (unpaired) electrons. The van der Waals surface area contributed by atoms with Crippen LogP contribution < -0.4 is 4.72 Å². The third-order valence-electron chi connectivity index (χ3n) is 3.17. The minimum atomic E-state index is -3.60. The maximum absolute atomic E-state index is 12.3. The van der Waals surface area contributed by atoms with Crippen molar-refractivity contribution in [1.82, 2.24) is 14.5 Å². The second kappa shape index (κ2) is 6.38. The van der Waals surface area contributed by atoms with Crippen molar-refractivity contribution in [1.29, 1.82) is 0 Å². The van der Waals surface area contributed by atoms with Crippen molar-refractivity contribution in [3.05, 3.63) is 47.3 Å². The molecular formula is C14H19N3O3S. The molecule has 0 aliphatic heterocycles. The van der Waals surface area contributed by atoms with E-state index in [4.69, 9.17) is 5.11 Å². The van der Waals surface area contributed by atoms with Crippen LogP contribution in [-0.4, -0.2) is 23.3 Å². The molecule has 0 amide bonds. The average molecular weight is 309 g/mol. The van der Waals surface area contributed by atoms with E-state index in [1.165, 1.54) is 12.1 Å². The molecule has 1 heterocycles. The quantitative estimate of drug-likeness (QED) is 0.832. The Morgan fingerprint density at radius 1 is 1.38 bits per heavy atom. The van der Waals surface area contributed by atoms with Crippen molar-refractivity contribution < 1.29 is 13.5 Å². The van der Waals surface area contributed by atoms with Gasteiger partial charge in [0.15, 0.2) is 0 Å². The van der Waals surface area contributed by atoms with Crippen molar-refractivity contribution in [2.45, 2.75) is 31.4 Å². The Morgan fingerprint density at radius 3 is 2.81 bits per heavy atom. The van der Waals surface area contributed by atoms with E-state index < -0.39 is 10.0 Å². The first-order chi connectivity index (χ1) is 9.96. The van der Waals surface area contributed by atoms with Gasteiger partial charge in [-0.25, -0.2) is 13.1 Å². The van der Waals surface area contributed by atoms with Gasteiger partial charge in [-0.3, -0.25) is 4.68 Å². The second-order valence-corrected chi connectivity index (χ2v) is 6.53. The van der Waals surface area contributed by atoms with Crippen LogP contribution in [0.15, 0.2) is 35.4 Å². The first kappa shape index (κ1) is 15.7. The number of nitrogens with zero attached hydrogens (tertiary/aromatic N) is 2. The Morgan fingerprint density at radius 2 is 2.14 bits per heavy atom. The van der Waals surface area contributed by atoms with Crippen LogP contribution in [0.3, 0.4) is 0 Å². The van der Waals surface area contributed by atoms with Gasteiger partial charge < -0.3 is 5.11 Å². The number of aryl methyl sites for hydroxylation is 2. The maximum Gasteiger partial charge on any atom is 0.240 e. The van der Waals surface area contributed by atoms with Gasteiger partial charge in [0.05, 0.1) is 17.2 Å². The smallest absolute Gasteiger partial charge is 0.240 e.